The van der Waals surface area contributed by atoms with Crippen molar-refractivity contribution in [3.63, 3.8) is 0 Å². The van der Waals surface area contributed by atoms with Gasteiger partial charge >= 0.3 is 0 Å². The Bertz CT molecular complexity index is 275. The summed E-state index contributed by atoms with van der Waals surface area (Å²) in [6.07, 6.45) is 27.4. The summed E-state index contributed by atoms with van der Waals surface area (Å²) in [7, 11) is 0. The average molecular weight is 383 g/mol. The van der Waals surface area contributed by atoms with Crippen molar-refractivity contribution >= 4 is 0 Å². The second-order valence-corrected chi connectivity index (χ2v) is 9.10. The zero-order valence-corrected chi connectivity index (χ0v) is 19.8. The second kappa shape index (κ2) is 20.7. The minimum Gasteiger partial charge on any atom is -0.375 e. The molecule has 0 saturated carbocycles. The van der Waals surface area contributed by atoms with Gasteiger partial charge in [-0.1, -0.05) is 130 Å². The maximum atomic E-state index is 6.46. The number of hydrogen-bond acceptors (Lipinski definition) is 1. The summed E-state index contributed by atoms with van der Waals surface area (Å²) in [4.78, 5) is 0. The predicted octanol–water partition coefficient (Wildman–Crippen LogP) is 9.62. The van der Waals surface area contributed by atoms with E-state index < -0.39 is 0 Å². The Hall–Kier alpha value is -0.0400. The zero-order chi connectivity index (χ0) is 20.1. The molecule has 0 aliphatic carbocycles. The highest BCUT2D eigenvalue weighted by molar-refractivity contribution is 4.75. The maximum absolute atomic E-state index is 6.46. The normalized spacial score (nSPS) is 13.8. The lowest BCUT2D eigenvalue weighted by Crippen LogP contribution is -2.29. The van der Waals surface area contributed by atoms with E-state index in [-0.39, 0.29) is 5.60 Å². The fraction of sp³-hybridized carbons (Fsp3) is 1.00. The first-order chi connectivity index (χ1) is 13.2. The van der Waals surface area contributed by atoms with Crippen molar-refractivity contribution < 1.29 is 4.74 Å². The largest absolute Gasteiger partial charge is 0.375 e. The van der Waals surface area contributed by atoms with Gasteiger partial charge in [0.2, 0.25) is 0 Å². The summed E-state index contributed by atoms with van der Waals surface area (Å²) in [5, 5.41) is 0. The van der Waals surface area contributed by atoms with Crippen LogP contribution in [0.3, 0.4) is 0 Å². The molecule has 1 nitrogen and oxygen atoms in total. The van der Waals surface area contributed by atoms with Crippen LogP contribution in [0, 0.1) is 0 Å². The van der Waals surface area contributed by atoms with Gasteiger partial charge < -0.3 is 4.74 Å². The van der Waals surface area contributed by atoms with Gasteiger partial charge in [0.25, 0.3) is 0 Å². The van der Waals surface area contributed by atoms with E-state index in [4.69, 9.17) is 4.74 Å². The molecule has 0 aromatic rings. The van der Waals surface area contributed by atoms with Gasteiger partial charge in [0.1, 0.15) is 0 Å². The van der Waals surface area contributed by atoms with E-state index in [1.165, 1.54) is 128 Å². The lowest BCUT2D eigenvalue weighted by molar-refractivity contribution is -0.0482. The Morgan fingerprint density at radius 2 is 0.778 bits per heavy atom. The highest BCUT2D eigenvalue weighted by atomic mass is 16.5. The first kappa shape index (κ1) is 27.0. The van der Waals surface area contributed by atoms with E-state index in [0.29, 0.717) is 0 Å². The minimum absolute atomic E-state index is 0.138. The van der Waals surface area contributed by atoms with Crippen molar-refractivity contribution in [2.75, 3.05) is 6.61 Å². The summed E-state index contributed by atoms with van der Waals surface area (Å²) >= 11 is 0. The Morgan fingerprint density at radius 1 is 0.444 bits per heavy atom. The molecular weight excluding hydrogens is 328 g/mol. The molecule has 0 saturated heterocycles. The molecule has 164 valence electrons. The molecule has 0 radical (unpaired) electrons. The summed E-state index contributed by atoms with van der Waals surface area (Å²) in [5.41, 5.74) is 0.138. The lowest BCUT2D eigenvalue weighted by atomic mass is 9.91. The topological polar surface area (TPSA) is 9.23 Å². The van der Waals surface area contributed by atoms with E-state index in [1.54, 1.807) is 0 Å². The second-order valence-electron chi connectivity index (χ2n) is 9.10. The van der Waals surface area contributed by atoms with Crippen LogP contribution in [0.1, 0.15) is 156 Å². The van der Waals surface area contributed by atoms with Crippen molar-refractivity contribution in [3.8, 4) is 0 Å². The number of hydrogen-bond donors (Lipinski definition) is 0. The minimum atomic E-state index is 0.138. The van der Waals surface area contributed by atoms with Crippen LogP contribution in [0.15, 0.2) is 0 Å². The van der Waals surface area contributed by atoms with Crippen molar-refractivity contribution in [3.05, 3.63) is 0 Å². The molecule has 0 fully saturated rings. The molecular formula is C26H54O. The molecule has 0 aliphatic rings. The number of ether oxygens (including phenoxy) is 1. The van der Waals surface area contributed by atoms with E-state index in [9.17, 15) is 0 Å². The Balaban J connectivity index is 3.99. The van der Waals surface area contributed by atoms with Gasteiger partial charge in [-0.05, 0) is 26.2 Å². The molecule has 0 amide bonds. The van der Waals surface area contributed by atoms with Crippen LogP contribution in [-0.4, -0.2) is 12.2 Å². The molecule has 0 heterocycles. The molecule has 1 atom stereocenters. The monoisotopic (exact) mass is 382 g/mol. The molecule has 0 aromatic heterocycles. The fourth-order valence-corrected chi connectivity index (χ4v) is 4.03. The molecule has 1 heteroatoms. The van der Waals surface area contributed by atoms with E-state index >= 15 is 0 Å². The predicted molar refractivity (Wildman–Crippen MR) is 124 cm³/mol. The van der Waals surface area contributed by atoms with Crippen molar-refractivity contribution in [2.24, 2.45) is 0 Å². The zero-order valence-electron chi connectivity index (χ0n) is 19.8. The van der Waals surface area contributed by atoms with E-state index in [0.717, 1.165) is 6.61 Å². The van der Waals surface area contributed by atoms with Crippen LogP contribution in [0.4, 0.5) is 0 Å². The Kier molecular flexibility index (Phi) is 20.7. The summed E-state index contributed by atoms with van der Waals surface area (Å²) in [6.45, 7) is 10.3. The van der Waals surface area contributed by atoms with Crippen LogP contribution < -0.4 is 0 Å². The van der Waals surface area contributed by atoms with Crippen LogP contribution in [0.25, 0.3) is 0 Å². The number of unbranched alkanes of at least 4 members (excludes halogenated alkanes) is 15. The van der Waals surface area contributed by atoms with Crippen molar-refractivity contribution in [2.45, 2.75) is 162 Å². The van der Waals surface area contributed by atoms with Crippen LogP contribution in [0.5, 0.6) is 0 Å². The Morgan fingerprint density at radius 3 is 1.19 bits per heavy atom. The summed E-state index contributed by atoms with van der Waals surface area (Å²) in [5.74, 6) is 0. The highest BCUT2D eigenvalue weighted by Gasteiger charge is 2.23. The molecule has 0 rings (SSSR count). The fourth-order valence-electron chi connectivity index (χ4n) is 4.03. The third-order valence-corrected chi connectivity index (χ3v) is 6.07. The van der Waals surface area contributed by atoms with Gasteiger partial charge in [-0.3, -0.25) is 0 Å². The van der Waals surface area contributed by atoms with Gasteiger partial charge in [0.15, 0.2) is 0 Å². The van der Waals surface area contributed by atoms with Gasteiger partial charge in [0, 0.05) is 6.61 Å². The lowest BCUT2D eigenvalue weighted by Gasteiger charge is -2.30. The van der Waals surface area contributed by atoms with Gasteiger partial charge in [-0.25, -0.2) is 0 Å². The van der Waals surface area contributed by atoms with Gasteiger partial charge in [-0.15, -0.1) is 0 Å². The average Bonchev–Trinajstić information content (AvgIpc) is 2.67. The van der Waals surface area contributed by atoms with Crippen LogP contribution in [0.2, 0.25) is 0 Å². The first-order valence-electron chi connectivity index (χ1n) is 12.8. The molecule has 1 unspecified atom stereocenters. The smallest absolute Gasteiger partial charge is 0.0654 e. The molecule has 0 aromatic carbocycles. The summed E-state index contributed by atoms with van der Waals surface area (Å²) in [6, 6.07) is 0. The molecule has 27 heavy (non-hydrogen) atoms. The number of rotatable bonds is 22. The third-order valence-electron chi connectivity index (χ3n) is 6.07. The first-order valence-corrected chi connectivity index (χ1v) is 12.8. The standard InChI is InChI=1S/C26H54O/c1-5-8-11-14-16-17-19-21-24-26(4,27-25-22-13-10-7-3)23-20-18-15-12-9-6-2/h5-25H2,1-4H3. The van der Waals surface area contributed by atoms with E-state index in [1.807, 2.05) is 0 Å². The quantitative estimate of drug-likeness (QED) is 0.169. The van der Waals surface area contributed by atoms with Crippen LogP contribution in [-0.2, 0) is 4.74 Å². The van der Waals surface area contributed by atoms with Crippen molar-refractivity contribution in [1.29, 1.82) is 0 Å². The molecule has 0 spiro atoms. The van der Waals surface area contributed by atoms with Crippen LogP contribution >= 0.6 is 0 Å². The van der Waals surface area contributed by atoms with Gasteiger partial charge in [-0.2, -0.15) is 0 Å². The molecule has 0 N–H and O–H groups in total. The van der Waals surface area contributed by atoms with E-state index in [2.05, 4.69) is 27.7 Å². The molecule has 0 aliphatic heterocycles. The SMILES string of the molecule is CCCCCCCCCCC(C)(CCCCCCCC)OCCCCCC. The highest BCUT2D eigenvalue weighted by Crippen LogP contribution is 2.27. The maximum Gasteiger partial charge on any atom is 0.0654 e. The van der Waals surface area contributed by atoms with Crippen molar-refractivity contribution in [1.82, 2.24) is 0 Å². The Labute approximate surface area is 173 Å². The summed E-state index contributed by atoms with van der Waals surface area (Å²) < 4.78 is 6.46. The van der Waals surface area contributed by atoms with Gasteiger partial charge in [0.05, 0.1) is 5.60 Å². The molecule has 0 bridgehead atoms. The third kappa shape index (κ3) is 19.1.